The van der Waals surface area contributed by atoms with E-state index in [2.05, 4.69) is 10.1 Å². The van der Waals surface area contributed by atoms with Crippen LogP contribution in [0.25, 0.3) is 0 Å². The number of carbonyl (C=O) groups excluding carboxylic acids is 2. The zero-order chi connectivity index (χ0) is 17.7. The van der Waals surface area contributed by atoms with Gasteiger partial charge in [0.2, 0.25) is 0 Å². The van der Waals surface area contributed by atoms with Crippen LogP contribution in [0, 0.1) is 11.3 Å². The fourth-order valence-electron chi connectivity index (χ4n) is 1.91. The number of anilines is 1. The third kappa shape index (κ3) is 3.84. The Morgan fingerprint density at radius 2 is 1.88 bits per heavy atom. The first kappa shape index (κ1) is 17.3. The molecule has 0 aliphatic carbocycles. The summed E-state index contributed by atoms with van der Waals surface area (Å²) in [4.78, 5) is 24.1. The van der Waals surface area contributed by atoms with Crippen molar-refractivity contribution in [2.75, 3.05) is 12.4 Å². The predicted octanol–water partition coefficient (Wildman–Crippen LogP) is 1.84. The van der Waals surface area contributed by atoms with Gasteiger partial charge in [-0.3, -0.25) is 9.00 Å². The summed E-state index contributed by atoms with van der Waals surface area (Å²) in [5, 5.41) is 11.4. The van der Waals surface area contributed by atoms with Gasteiger partial charge in [0.05, 0.1) is 30.0 Å². The summed E-state index contributed by atoms with van der Waals surface area (Å²) in [5.74, 6) is -1.23. The number of nitrogens with zero attached hydrogens (tertiary/aromatic N) is 1. The fraction of sp³-hybridized carbons (Fsp3) is 0.0625. The van der Waals surface area contributed by atoms with E-state index in [0.717, 1.165) is 0 Å². The number of hydrogen-bond acceptors (Lipinski definition) is 6. The highest BCUT2D eigenvalue weighted by molar-refractivity contribution is 7.79. The minimum atomic E-state index is -2.38. The summed E-state index contributed by atoms with van der Waals surface area (Å²) < 4.78 is 26.3. The third-order valence-corrected chi connectivity index (χ3v) is 3.77. The van der Waals surface area contributed by atoms with E-state index in [1.165, 1.54) is 49.6 Å². The Morgan fingerprint density at radius 3 is 2.42 bits per heavy atom. The fourth-order valence-corrected chi connectivity index (χ4v) is 2.27. The van der Waals surface area contributed by atoms with Crippen LogP contribution in [0.1, 0.15) is 26.3 Å². The first-order valence-electron chi connectivity index (χ1n) is 6.59. The number of carbonyl (C=O) groups is 2. The molecule has 2 aromatic carbocycles. The molecule has 0 aliphatic rings. The number of rotatable bonds is 4. The molecule has 1 amide bonds. The molecule has 1 unspecified atom stereocenters. The van der Waals surface area contributed by atoms with Crippen LogP contribution in [0.2, 0.25) is 0 Å². The largest absolute Gasteiger partial charge is 0.768 e. The van der Waals surface area contributed by atoms with Crippen molar-refractivity contribution in [2.45, 2.75) is 4.90 Å². The Balaban J connectivity index is 2.30. The first-order valence-corrected chi connectivity index (χ1v) is 7.67. The van der Waals surface area contributed by atoms with Gasteiger partial charge in [-0.1, -0.05) is 0 Å². The highest BCUT2D eigenvalue weighted by Crippen LogP contribution is 2.20. The minimum absolute atomic E-state index is 0.0437. The maximum Gasteiger partial charge on any atom is 0.340 e. The number of esters is 1. The molecule has 122 valence electrons. The zero-order valence-electron chi connectivity index (χ0n) is 12.4. The molecule has 1 atom stereocenters. The quantitative estimate of drug-likeness (QED) is 0.668. The van der Waals surface area contributed by atoms with E-state index in [-0.39, 0.29) is 27.3 Å². The van der Waals surface area contributed by atoms with Gasteiger partial charge in [-0.2, -0.15) is 5.26 Å². The van der Waals surface area contributed by atoms with Crippen LogP contribution in [0.15, 0.2) is 47.4 Å². The van der Waals surface area contributed by atoms with Crippen LogP contribution >= 0.6 is 0 Å². The lowest BCUT2D eigenvalue weighted by atomic mass is 10.1. The van der Waals surface area contributed by atoms with Crippen molar-refractivity contribution >= 4 is 28.6 Å². The van der Waals surface area contributed by atoms with Gasteiger partial charge in [0.1, 0.15) is 0 Å². The summed E-state index contributed by atoms with van der Waals surface area (Å²) in [7, 11) is 1.19. The monoisotopic (exact) mass is 343 g/mol. The predicted molar refractivity (Wildman–Crippen MR) is 84.1 cm³/mol. The van der Waals surface area contributed by atoms with Gasteiger partial charge in [0.25, 0.3) is 5.91 Å². The second kappa shape index (κ2) is 7.50. The van der Waals surface area contributed by atoms with Crippen LogP contribution in [-0.2, 0) is 15.8 Å². The minimum Gasteiger partial charge on any atom is -0.768 e. The zero-order valence-corrected chi connectivity index (χ0v) is 13.3. The number of amides is 1. The van der Waals surface area contributed by atoms with Crippen molar-refractivity contribution < 1.29 is 23.1 Å². The van der Waals surface area contributed by atoms with Crippen LogP contribution in [0.3, 0.4) is 0 Å². The Hall–Kier alpha value is -3.02. The van der Waals surface area contributed by atoms with Gasteiger partial charge >= 0.3 is 5.97 Å². The highest BCUT2D eigenvalue weighted by atomic mass is 32.2. The summed E-state index contributed by atoms with van der Waals surface area (Å²) in [6.07, 6.45) is 0. The van der Waals surface area contributed by atoms with E-state index in [1.807, 2.05) is 6.07 Å². The Bertz CT molecular complexity index is 856. The van der Waals surface area contributed by atoms with Gasteiger partial charge in [-0.05, 0) is 53.5 Å². The number of benzene rings is 2. The van der Waals surface area contributed by atoms with E-state index >= 15 is 0 Å². The Labute approximate surface area is 140 Å². The van der Waals surface area contributed by atoms with E-state index < -0.39 is 23.0 Å². The number of hydrogen-bond donors (Lipinski definition) is 1. The molecule has 0 spiro atoms. The van der Waals surface area contributed by atoms with Crippen molar-refractivity contribution in [1.82, 2.24) is 0 Å². The number of methoxy groups -OCH3 is 1. The number of nitriles is 1. The maximum absolute atomic E-state index is 12.2. The van der Waals surface area contributed by atoms with E-state index in [0.29, 0.717) is 0 Å². The standard InChI is InChI=1S/C16H12N2O5S/c1-23-16(20)13-8-10(9-17)2-7-14(13)18-15(19)11-3-5-12(6-4-11)24(21)22/h2-8H,1H3,(H,18,19)(H,21,22)/p-1. The van der Waals surface area contributed by atoms with Crippen molar-refractivity contribution in [3.63, 3.8) is 0 Å². The molecule has 24 heavy (non-hydrogen) atoms. The normalized spacial score (nSPS) is 11.2. The molecule has 0 saturated heterocycles. The van der Waals surface area contributed by atoms with E-state index in [4.69, 9.17) is 5.26 Å². The van der Waals surface area contributed by atoms with Gasteiger partial charge in [0.15, 0.2) is 0 Å². The lowest BCUT2D eigenvalue weighted by Gasteiger charge is -2.11. The first-order chi connectivity index (χ1) is 11.5. The van der Waals surface area contributed by atoms with Crippen LogP contribution in [0.4, 0.5) is 5.69 Å². The van der Waals surface area contributed by atoms with Crippen LogP contribution in [-0.4, -0.2) is 27.7 Å². The topological polar surface area (TPSA) is 119 Å². The van der Waals surface area contributed by atoms with Gasteiger partial charge < -0.3 is 14.6 Å². The second-order valence-corrected chi connectivity index (χ2v) is 5.52. The molecule has 0 radical (unpaired) electrons. The van der Waals surface area contributed by atoms with Crippen LogP contribution < -0.4 is 5.32 Å². The third-order valence-electron chi connectivity index (χ3n) is 3.11. The SMILES string of the molecule is COC(=O)c1cc(C#N)ccc1NC(=O)c1ccc(S(=O)[O-])cc1. The summed E-state index contributed by atoms with van der Waals surface area (Å²) in [5.41, 5.74) is 0.685. The lowest BCUT2D eigenvalue weighted by molar-refractivity contribution is 0.0602. The molecule has 0 bridgehead atoms. The summed E-state index contributed by atoms with van der Waals surface area (Å²) in [6, 6.07) is 11.4. The molecule has 0 saturated carbocycles. The smallest absolute Gasteiger partial charge is 0.340 e. The average Bonchev–Trinajstić information content (AvgIpc) is 2.61. The Morgan fingerprint density at radius 1 is 1.21 bits per heavy atom. The average molecular weight is 343 g/mol. The molecule has 2 aromatic rings. The molecular weight excluding hydrogens is 332 g/mol. The molecule has 0 aromatic heterocycles. The van der Waals surface area contributed by atoms with Crippen molar-refractivity contribution in [1.29, 1.82) is 5.26 Å². The van der Waals surface area contributed by atoms with Crippen molar-refractivity contribution in [2.24, 2.45) is 0 Å². The molecule has 8 heteroatoms. The molecule has 1 N–H and O–H groups in total. The molecule has 2 rings (SSSR count). The number of ether oxygens (including phenoxy) is 1. The maximum atomic E-state index is 12.2. The van der Waals surface area contributed by atoms with Gasteiger partial charge in [0, 0.05) is 10.5 Å². The van der Waals surface area contributed by atoms with Gasteiger partial charge in [-0.25, -0.2) is 4.79 Å². The second-order valence-electron chi connectivity index (χ2n) is 4.58. The molecule has 7 nitrogen and oxygen atoms in total. The Kier molecular flexibility index (Phi) is 5.42. The number of nitrogens with one attached hydrogen (secondary N) is 1. The molecule has 0 heterocycles. The summed E-state index contributed by atoms with van der Waals surface area (Å²) in [6.45, 7) is 0. The van der Waals surface area contributed by atoms with Crippen molar-refractivity contribution in [3.8, 4) is 6.07 Å². The highest BCUT2D eigenvalue weighted by Gasteiger charge is 2.16. The van der Waals surface area contributed by atoms with E-state index in [9.17, 15) is 18.4 Å². The van der Waals surface area contributed by atoms with E-state index in [1.54, 1.807) is 0 Å². The van der Waals surface area contributed by atoms with Crippen molar-refractivity contribution in [3.05, 3.63) is 59.2 Å². The molecule has 0 aliphatic heterocycles. The summed E-state index contributed by atoms with van der Waals surface area (Å²) >= 11 is -2.38. The molecular formula is C16H11N2O5S-. The van der Waals surface area contributed by atoms with Crippen LogP contribution in [0.5, 0.6) is 0 Å². The lowest BCUT2D eigenvalue weighted by Crippen LogP contribution is -2.15. The van der Waals surface area contributed by atoms with Gasteiger partial charge in [-0.15, -0.1) is 0 Å². The molecule has 0 fully saturated rings.